The van der Waals surface area contributed by atoms with Gasteiger partial charge in [-0.15, -0.1) is 0 Å². The molecule has 0 aliphatic rings. The summed E-state index contributed by atoms with van der Waals surface area (Å²) in [5.41, 5.74) is 1.95. The molecule has 2 aromatic rings. The van der Waals surface area contributed by atoms with Crippen LogP contribution < -0.4 is 5.32 Å². The van der Waals surface area contributed by atoms with Crippen molar-refractivity contribution >= 4 is 40.5 Å². The molecule has 0 spiro atoms. The Morgan fingerprint density at radius 1 is 1.05 bits per heavy atom. The first-order chi connectivity index (χ1) is 9.00. The maximum Gasteiger partial charge on any atom is 0.128 e. The van der Waals surface area contributed by atoms with E-state index in [-0.39, 0.29) is 5.82 Å². The van der Waals surface area contributed by atoms with Gasteiger partial charge >= 0.3 is 0 Å². The summed E-state index contributed by atoms with van der Waals surface area (Å²) in [6.07, 6.45) is 0. The van der Waals surface area contributed by atoms with Crippen molar-refractivity contribution in [1.29, 1.82) is 0 Å². The van der Waals surface area contributed by atoms with Crippen molar-refractivity contribution in [3.8, 4) is 0 Å². The fourth-order valence-electron chi connectivity index (χ4n) is 1.71. The standard InChI is InChI=1S/C14H11Cl3FN/c1-8-12(18)3-2-4-13(8)19-7-9-10(15)5-6-11(16)14(9)17/h2-6,19H,7H2,1H3. The molecule has 0 amide bonds. The van der Waals surface area contributed by atoms with Crippen LogP contribution in [0.15, 0.2) is 30.3 Å². The third-order valence-electron chi connectivity index (χ3n) is 2.86. The third-order valence-corrected chi connectivity index (χ3v) is 4.06. The number of rotatable bonds is 3. The van der Waals surface area contributed by atoms with Gasteiger partial charge in [0.15, 0.2) is 0 Å². The fraction of sp³-hybridized carbons (Fsp3) is 0.143. The van der Waals surface area contributed by atoms with E-state index in [0.29, 0.717) is 38.4 Å². The predicted octanol–water partition coefficient (Wildman–Crippen LogP) is 5.71. The van der Waals surface area contributed by atoms with Crippen molar-refractivity contribution < 1.29 is 4.39 Å². The Morgan fingerprint density at radius 3 is 2.47 bits per heavy atom. The van der Waals surface area contributed by atoms with Gasteiger partial charge < -0.3 is 5.32 Å². The number of anilines is 1. The summed E-state index contributed by atoms with van der Waals surface area (Å²) < 4.78 is 13.4. The Hall–Kier alpha value is -0.960. The molecule has 0 heterocycles. The molecule has 0 saturated carbocycles. The molecule has 0 saturated heterocycles. The van der Waals surface area contributed by atoms with Crippen LogP contribution in [-0.4, -0.2) is 0 Å². The molecule has 2 rings (SSSR count). The van der Waals surface area contributed by atoms with E-state index in [1.807, 2.05) is 0 Å². The highest BCUT2D eigenvalue weighted by atomic mass is 35.5. The van der Waals surface area contributed by atoms with Crippen LogP contribution in [0.5, 0.6) is 0 Å². The summed E-state index contributed by atoms with van der Waals surface area (Å²) in [6, 6.07) is 8.19. The van der Waals surface area contributed by atoms with Gasteiger partial charge in [-0.05, 0) is 31.2 Å². The van der Waals surface area contributed by atoms with Gasteiger partial charge in [-0.1, -0.05) is 40.9 Å². The van der Waals surface area contributed by atoms with Gasteiger partial charge in [-0.2, -0.15) is 0 Å². The van der Waals surface area contributed by atoms with E-state index in [4.69, 9.17) is 34.8 Å². The van der Waals surface area contributed by atoms with Crippen LogP contribution in [0.2, 0.25) is 15.1 Å². The molecule has 1 nitrogen and oxygen atoms in total. The topological polar surface area (TPSA) is 12.0 Å². The molecule has 0 bridgehead atoms. The van der Waals surface area contributed by atoms with Gasteiger partial charge in [0, 0.05) is 28.4 Å². The highest BCUT2D eigenvalue weighted by Gasteiger charge is 2.10. The van der Waals surface area contributed by atoms with E-state index in [0.717, 1.165) is 0 Å². The maximum absolute atomic E-state index is 13.4. The predicted molar refractivity (Wildman–Crippen MR) is 79.9 cm³/mol. The first kappa shape index (κ1) is 14.4. The normalized spacial score (nSPS) is 10.6. The van der Waals surface area contributed by atoms with Crippen molar-refractivity contribution in [2.45, 2.75) is 13.5 Å². The summed E-state index contributed by atoms with van der Waals surface area (Å²) in [4.78, 5) is 0. The molecule has 5 heteroatoms. The van der Waals surface area contributed by atoms with Gasteiger partial charge in [-0.25, -0.2) is 4.39 Å². The van der Waals surface area contributed by atoms with Crippen molar-refractivity contribution in [2.75, 3.05) is 5.32 Å². The molecule has 0 aliphatic heterocycles. The molecule has 0 aromatic heterocycles. The average molecular weight is 319 g/mol. The molecule has 1 N–H and O–H groups in total. The highest BCUT2D eigenvalue weighted by Crippen LogP contribution is 2.32. The molecule has 0 unspecified atom stereocenters. The molecule has 0 aliphatic carbocycles. The number of hydrogen-bond acceptors (Lipinski definition) is 1. The largest absolute Gasteiger partial charge is 0.381 e. The lowest BCUT2D eigenvalue weighted by molar-refractivity contribution is 0.619. The van der Waals surface area contributed by atoms with E-state index < -0.39 is 0 Å². The van der Waals surface area contributed by atoms with E-state index >= 15 is 0 Å². The number of hydrogen-bond donors (Lipinski definition) is 1. The third kappa shape index (κ3) is 3.14. The quantitative estimate of drug-likeness (QED) is 0.715. The van der Waals surface area contributed by atoms with Crippen molar-refractivity contribution in [3.05, 3.63) is 62.3 Å². The van der Waals surface area contributed by atoms with Crippen molar-refractivity contribution in [3.63, 3.8) is 0 Å². The van der Waals surface area contributed by atoms with E-state index in [1.165, 1.54) is 6.07 Å². The first-order valence-electron chi connectivity index (χ1n) is 5.62. The molecule has 0 radical (unpaired) electrons. The van der Waals surface area contributed by atoms with Crippen LogP contribution in [0, 0.1) is 12.7 Å². The van der Waals surface area contributed by atoms with E-state index in [1.54, 1.807) is 31.2 Å². The summed E-state index contributed by atoms with van der Waals surface area (Å²) in [7, 11) is 0. The van der Waals surface area contributed by atoms with Crippen LogP contribution in [0.25, 0.3) is 0 Å². The molecule has 100 valence electrons. The van der Waals surface area contributed by atoms with Crippen LogP contribution in [-0.2, 0) is 6.54 Å². The van der Waals surface area contributed by atoms with Gasteiger partial charge in [0.1, 0.15) is 5.82 Å². The van der Waals surface area contributed by atoms with Crippen LogP contribution in [0.4, 0.5) is 10.1 Å². The summed E-state index contributed by atoms with van der Waals surface area (Å²) in [5, 5.41) is 4.49. The summed E-state index contributed by atoms with van der Waals surface area (Å²) >= 11 is 18.1. The smallest absolute Gasteiger partial charge is 0.128 e. The van der Waals surface area contributed by atoms with E-state index in [2.05, 4.69) is 5.32 Å². The minimum absolute atomic E-state index is 0.256. The Morgan fingerprint density at radius 2 is 1.74 bits per heavy atom. The number of nitrogens with one attached hydrogen (secondary N) is 1. The Labute approximate surface area is 126 Å². The zero-order chi connectivity index (χ0) is 14.0. The molecule has 0 atom stereocenters. The molecular formula is C14H11Cl3FN. The second kappa shape index (κ2) is 6.00. The average Bonchev–Trinajstić information content (AvgIpc) is 2.39. The number of benzene rings is 2. The van der Waals surface area contributed by atoms with Gasteiger partial charge in [0.05, 0.1) is 10.0 Å². The van der Waals surface area contributed by atoms with Crippen LogP contribution in [0.3, 0.4) is 0 Å². The highest BCUT2D eigenvalue weighted by molar-refractivity contribution is 6.44. The Bertz CT molecular complexity index is 614. The summed E-state index contributed by atoms with van der Waals surface area (Å²) in [5.74, 6) is -0.256. The van der Waals surface area contributed by atoms with Crippen molar-refractivity contribution in [1.82, 2.24) is 0 Å². The lowest BCUT2D eigenvalue weighted by Gasteiger charge is -2.13. The van der Waals surface area contributed by atoms with Crippen LogP contribution in [0.1, 0.15) is 11.1 Å². The molecule has 2 aromatic carbocycles. The van der Waals surface area contributed by atoms with Gasteiger partial charge in [0.2, 0.25) is 0 Å². The lowest BCUT2D eigenvalue weighted by Crippen LogP contribution is -2.03. The molecule has 0 fully saturated rings. The first-order valence-corrected chi connectivity index (χ1v) is 6.75. The molecular weight excluding hydrogens is 308 g/mol. The maximum atomic E-state index is 13.4. The second-order valence-corrected chi connectivity index (χ2v) is 5.28. The zero-order valence-electron chi connectivity index (χ0n) is 10.1. The van der Waals surface area contributed by atoms with Crippen molar-refractivity contribution in [2.24, 2.45) is 0 Å². The van der Waals surface area contributed by atoms with Crippen LogP contribution >= 0.6 is 34.8 Å². The SMILES string of the molecule is Cc1c(F)cccc1NCc1c(Cl)ccc(Cl)c1Cl. The van der Waals surface area contributed by atoms with E-state index in [9.17, 15) is 4.39 Å². The zero-order valence-corrected chi connectivity index (χ0v) is 12.4. The Kier molecular flexibility index (Phi) is 4.56. The monoisotopic (exact) mass is 317 g/mol. The minimum atomic E-state index is -0.256. The lowest BCUT2D eigenvalue weighted by atomic mass is 10.1. The van der Waals surface area contributed by atoms with Gasteiger partial charge in [-0.3, -0.25) is 0 Å². The van der Waals surface area contributed by atoms with Gasteiger partial charge in [0.25, 0.3) is 0 Å². The molecule has 19 heavy (non-hydrogen) atoms. The second-order valence-electron chi connectivity index (χ2n) is 4.09. The fourth-order valence-corrected chi connectivity index (χ4v) is 2.40. The number of halogens is 4. The summed E-state index contributed by atoms with van der Waals surface area (Å²) in [6.45, 7) is 2.08. The minimum Gasteiger partial charge on any atom is -0.381 e. The Balaban J connectivity index is 2.24.